The standard InChI is InChI=1S/C11H16.C4H8O.C2H6/c1-3-6-11-8-5-7-10(4-2)9-11;1-3-4(2)5;1-2/h5,7-9H,3-4,6H2,1-2H3;3H2,1-2H3;1-2H3. The molecule has 0 aliphatic heterocycles. The second-order valence-corrected chi connectivity index (χ2v) is 3.98. The fourth-order valence-corrected chi connectivity index (χ4v) is 1.29. The van der Waals surface area contributed by atoms with Crippen molar-refractivity contribution < 1.29 is 4.79 Å². The second kappa shape index (κ2) is 14.0. The molecule has 1 aromatic carbocycles. The largest absolute Gasteiger partial charge is 0.300 e. The van der Waals surface area contributed by atoms with E-state index in [0.717, 1.165) is 6.42 Å². The molecule has 0 aromatic heterocycles. The smallest absolute Gasteiger partial charge is 0.129 e. The van der Waals surface area contributed by atoms with Gasteiger partial charge in [-0.1, -0.05) is 65.3 Å². The average Bonchev–Trinajstić information content (AvgIpc) is 2.42. The molecule has 0 fully saturated rings. The monoisotopic (exact) mass is 250 g/mol. The van der Waals surface area contributed by atoms with Gasteiger partial charge in [0.2, 0.25) is 0 Å². The molecule has 0 saturated carbocycles. The van der Waals surface area contributed by atoms with E-state index in [-0.39, 0.29) is 5.78 Å². The van der Waals surface area contributed by atoms with Crippen LogP contribution in [0.1, 0.15) is 65.5 Å². The van der Waals surface area contributed by atoms with Gasteiger partial charge >= 0.3 is 0 Å². The van der Waals surface area contributed by atoms with Crippen LogP contribution in [0.25, 0.3) is 0 Å². The van der Waals surface area contributed by atoms with Crippen molar-refractivity contribution in [3.63, 3.8) is 0 Å². The molecule has 1 aromatic rings. The van der Waals surface area contributed by atoms with Gasteiger partial charge in [0.05, 0.1) is 0 Å². The summed E-state index contributed by atoms with van der Waals surface area (Å²) in [6.07, 6.45) is 4.28. The summed E-state index contributed by atoms with van der Waals surface area (Å²) in [5, 5.41) is 0. The normalized spacial score (nSPS) is 8.56. The van der Waals surface area contributed by atoms with E-state index in [9.17, 15) is 4.79 Å². The van der Waals surface area contributed by atoms with Crippen LogP contribution in [-0.4, -0.2) is 5.78 Å². The molecule has 104 valence electrons. The minimum Gasteiger partial charge on any atom is -0.300 e. The van der Waals surface area contributed by atoms with Gasteiger partial charge in [-0.3, -0.25) is 0 Å². The van der Waals surface area contributed by atoms with E-state index < -0.39 is 0 Å². The van der Waals surface area contributed by atoms with Gasteiger partial charge in [0.15, 0.2) is 0 Å². The predicted octanol–water partition coefficient (Wildman–Crippen LogP) is 5.21. The van der Waals surface area contributed by atoms with Gasteiger partial charge in [0.25, 0.3) is 0 Å². The van der Waals surface area contributed by atoms with E-state index in [4.69, 9.17) is 0 Å². The van der Waals surface area contributed by atoms with Crippen LogP contribution < -0.4 is 0 Å². The first kappa shape index (κ1) is 19.2. The van der Waals surface area contributed by atoms with Crippen molar-refractivity contribution >= 4 is 5.78 Å². The Morgan fingerprint density at radius 1 is 1.06 bits per heavy atom. The van der Waals surface area contributed by atoms with Crippen molar-refractivity contribution in [2.75, 3.05) is 0 Å². The van der Waals surface area contributed by atoms with E-state index in [0.29, 0.717) is 6.42 Å². The van der Waals surface area contributed by atoms with Crippen LogP contribution in [0.2, 0.25) is 0 Å². The van der Waals surface area contributed by atoms with E-state index in [1.54, 1.807) is 6.92 Å². The number of hydrogen-bond donors (Lipinski definition) is 0. The van der Waals surface area contributed by atoms with E-state index in [1.807, 2.05) is 20.8 Å². The van der Waals surface area contributed by atoms with Gasteiger partial charge in [0.1, 0.15) is 5.78 Å². The lowest BCUT2D eigenvalue weighted by molar-refractivity contribution is -0.116. The molecule has 0 aliphatic rings. The molecule has 0 aliphatic carbocycles. The van der Waals surface area contributed by atoms with Crippen molar-refractivity contribution in [2.45, 2.75) is 67.2 Å². The van der Waals surface area contributed by atoms with Gasteiger partial charge in [-0.05, 0) is 30.9 Å². The highest BCUT2D eigenvalue weighted by Crippen LogP contribution is 2.07. The van der Waals surface area contributed by atoms with Crippen LogP contribution in [0.15, 0.2) is 24.3 Å². The second-order valence-electron chi connectivity index (χ2n) is 3.98. The highest BCUT2D eigenvalue weighted by atomic mass is 16.1. The summed E-state index contributed by atoms with van der Waals surface area (Å²) in [5.41, 5.74) is 2.93. The summed E-state index contributed by atoms with van der Waals surface area (Å²) in [5.74, 6) is 0.255. The lowest BCUT2D eigenvalue weighted by atomic mass is 10.1. The molecule has 0 radical (unpaired) electrons. The van der Waals surface area contributed by atoms with Crippen molar-refractivity contribution in [1.82, 2.24) is 0 Å². The van der Waals surface area contributed by atoms with Gasteiger partial charge in [-0.15, -0.1) is 0 Å². The summed E-state index contributed by atoms with van der Waals surface area (Å²) in [6.45, 7) is 11.9. The van der Waals surface area contributed by atoms with Gasteiger partial charge in [-0.25, -0.2) is 0 Å². The first-order chi connectivity index (χ1) is 8.63. The number of carbonyl (C=O) groups excluding carboxylic acids is 1. The maximum absolute atomic E-state index is 9.81. The molecule has 0 N–H and O–H groups in total. The summed E-state index contributed by atoms with van der Waals surface area (Å²) in [6, 6.07) is 8.87. The van der Waals surface area contributed by atoms with Gasteiger partial charge in [0, 0.05) is 6.42 Å². The fraction of sp³-hybridized carbons (Fsp3) is 0.588. The topological polar surface area (TPSA) is 17.1 Å². The lowest BCUT2D eigenvalue weighted by Crippen LogP contribution is -1.85. The molecule has 0 saturated heterocycles. The molecule has 0 heterocycles. The third kappa shape index (κ3) is 11.4. The predicted molar refractivity (Wildman–Crippen MR) is 82.1 cm³/mol. The number of rotatable bonds is 4. The lowest BCUT2D eigenvalue weighted by Gasteiger charge is -2.00. The van der Waals surface area contributed by atoms with Crippen molar-refractivity contribution in [3.05, 3.63) is 35.4 Å². The minimum atomic E-state index is 0.255. The van der Waals surface area contributed by atoms with Crippen LogP contribution in [0.3, 0.4) is 0 Å². The maximum atomic E-state index is 9.81. The van der Waals surface area contributed by atoms with Crippen LogP contribution in [-0.2, 0) is 17.6 Å². The molecular weight excluding hydrogens is 220 g/mol. The summed E-state index contributed by atoms with van der Waals surface area (Å²) in [4.78, 5) is 9.81. The van der Waals surface area contributed by atoms with Crippen LogP contribution in [0.4, 0.5) is 0 Å². The Kier molecular flexibility index (Phi) is 14.9. The Morgan fingerprint density at radius 3 is 1.94 bits per heavy atom. The molecule has 0 bridgehead atoms. The number of ketones is 1. The minimum absolute atomic E-state index is 0.255. The molecule has 0 amide bonds. The zero-order valence-corrected chi connectivity index (χ0v) is 13.0. The van der Waals surface area contributed by atoms with Gasteiger partial charge in [-0.2, -0.15) is 0 Å². The number of benzene rings is 1. The zero-order valence-electron chi connectivity index (χ0n) is 13.0. The first-order valence-corrected chi connectivity index (χ1v) is 7.21. The summed E-state index contributed by atoms with van der Waals surface area (Å²) in [7, 11) is 0. The van der Waals surface area contributed by atoms with Crippen molar-refractivity contribution in [3.8, 4) is 0 Å². The number of hydrogen-bond acceptors (Lipinski definition) is 1. The molecule has 18 heavy (non-hydrogen) atoms. The summed E-state index contributed by atoms with van der Waals surface area (Å²) < 4.78 is 0. The van der Waals surface area contributed by atoms with Crippen molar-refractivity contribution in [1.29, 1.82) is 0 Å². The molecule has 0 unspecified atom stereocenters. The Bertz CT molecular complexity index is 302. The van der Waals surface area contributed by atoms with Crippen molar-refractivity contribution in [2.24, 2.45) is 0 Å². The molecular formula is C17H30O. The maximum Gasteiger partial charge on any atom is 0.129 e. The molecule has 1 heteroatoms. The molecule has 1 rings (SSSR count). The molecule has 0 spiro atoms. The number of carbonyl (C=O) groups is 1. The Morgan fingerprint density at radius 2 is 1.56 bits per heavy atom. The Labute approximate surface area is 114 Å². The van der Waals surface area contributed by atoms with E-state index >= 15 is 0 Å². The molecule has 1 nitrogen and oxygen atoms in total. The SMILES string of the molecule is CC.CCC(C)=O.CCCc1cccc(CC)c1. The van der Waals surface area contributed by atoms with E-state index in [2.05, 4.69) is 38.1 Å². The van der Waals surface area contributed by atoms with E-state index in [1.165, 1.54) is 24.0 Å². The Balaban J connectivity index is 0. The third-order valence-corrected chi connectivity index (χ3v) is 2.44. The van der Waals surface area contributed by atoms with Crippen LogP contribution in [0.5, 0.6) is 0 Å². The Hall–Kier alpha value is -1.11. The molecule has 0 atom stereocenters. The van der Waals surface area contributed by atoms with Crippen LogP contribution >= 0.6 is 0 Å². The fourth-order valence-electron chi connectivity index (χ4n) is 1.29. The third-order valence-electron chi connectivity index (χ3n) is 2.44. The zero-order chi connectivity index (χ0) is 14.4. The van der Waals surface area contributed by atoms with Crippen LogP contribution in [0, 0.1) is 0 Å². The highest BCUT2D eigenvalue weighted by Gasteiger charge is 1.91. The average molecular weight is 250 g/mol. The highest BCUT2D eigenvalue weighted by molar-refractivity contribution is 5.74. The number of Topliss-reactive ketones (excluding diaryl/α,β-unsaturated/α-hetero) is 1. The summed E-state index contributed by atoms with van der Waals surface area (Å²) >= 11 is 0. The number of aryl methyl sites for hydroxylation is 2. The quantitative estimate of drug-likeness (QED) is 0.716. The first-order valence-electron chi connectivity index (χ1n) is 7.21. The van der Waals surface area contributed by atoms with Gasteiger partial charge < -0.3 is 4.79 Å².